The van der Waals surface area contributed by atoms with Crippen LogP contribution in [0.2, 0.25) is 5.02 Å². The second-order valence-electron chi connectivity index (χ2n) is 9.68. The van der Waals surface area contributed by atoms with Crippen LogP contribution in [0, 0.1) is 0 Å². The quantitative estimate of drug-likeness (QED) is 0.461. The van der Waals surface area contributed by atoms with Crippen molar-refractivity contribution < 1.29 is 19.4 Å². The molecule has 2 amide bonds. The fraction of sp³-hybridized carbons (Fsp3) is 0.333. The Morgan fingerprint density at radius 2 is 1.71 bits per heavy atom. The molecule has 0 bridgehead atoms. The molecule has 3 aromatic rings. The Hall–Kier alpha value is -3.23. The van der Waals surface area contributed by atoms with E-state index in [1.807, 2.05) is 60.7 Å². The maximum Gasteiger partial charge on any atom is 0.255 e. The van der Waals surface area contributed by atoms with E-state index < -0.39 is 12.0 Å². The summed E-state index contributed by atoms with van der Waals surface area (Å²) >= 11 is 6.51. The number of morpholine rings is 1. The Bertz CT molecular complexity index is 1280. The number of hydrogen-bond acceptors (Lipinski definition) is 5. The first-order valence-electron chi connectivity index (χ1n) is 13.0. The molecule has 3 aromatic carbocycles. The van der Waals surface area contributed by atoms with Gasteiger partial charge in [0.15, 0.2) is 0 Å². The van der Waals surface area contributed by atoms with Gasteiger partial charge in [-0.25, -0.2) is 0 Å². The molecule has 7 nitrogen and oxygen atoms in total. The van der Waals surface area contributed by atoms with Crippen molar-refractivity contribution in [3.05, 3.63) is 106 Å². The van der Waals surface area contributed by atoms with Gasteiger partial charge in [0, 0.05) is 43.3 Å². The molecule has 1 saturated heterocycles. The zero-order valence-corrected chi connectivity index (χ0v) is 21.9. The smallest absolute Gasteiger partial charge is 0.255 e. The number of halogens is 1. The third-order valence-corrected chi connectivity index (χ3v) is 7.72. The van der Waals surface area contributed by atoms with Gasteiger partial charge in [-0.3, -0.25) is 14.5 Å². The predicted octanol–water partition coefficient (Wildman–Crippen LogP) is 3.76. The second kappa shape index (κ2) is 12.1. The van der Waals surface area contributed by atoms with Crippen LogP contribution in [-0.4, -0.2) is 66.1 Å². The molecule has 2 N–H and O–H groups in total. The van der Waals surface area contributed by atoms with Gasteiger partial charge in [-0.2, -0.15) is 0 Å². The highest BCUT2D eigenvalue weighted by Crippen LogP contribution is 2.44. The maximum absolute atomic E-state index is 13.9. The Morgan fingerprint density at radius 1 is 1.00 bits per heavy atom. The molecular weight excluding hydrogens is 502 g/mol. The summed E-state index contributed by atoms with van der Waals surface area (Å²) in [5.74, 6) is -0.885. The van der Waals surface area contributed by atoms with Crippen LogP contribution in [0.3, 0.4) is 0 Å². The van der Waals surface area contributed by atoms with Crippen LogP contribution in [-0.2, 0) is 22.7 Å². The molecule has 2 atom stereocenters. The molecule has 5 rings (SSSR count). The summed E-state index contributed by atoms with van der Waals surface area (Å²) in [5, 5.41) is 13.3. The zero-order valence-electron chi connectivity index (χ0n) is 21.2. The van der Waals surface area contributed by atoms with E-state index in [1.165, 1.54) is 0 Å². The van der Waals surface area contributed by atoms with Crippen LogP contribution in [0.15, 0.2) is 72.8 Å². The highest BCUT2D eigenvalue weighted by molar-refractivity contribution is 6.31. The number of amides is 2. The number of carbonyl (C=O) groups excluding carboxylic acids is 2. The number of ether oxygens (including phenoxy) is 1. The molecule has 2 aliphatic rings. The van der Waals surface area contributed by atoms with Gasteiger partial charge in [-0.15, -0.1) is 0 Å². The van der Waals surface area contributed by atoms with Crippen LogP contribution in [0.25, 0.3) is 0 Å². The molecule has 0 spiro atoms. The van der Waals surface area contributed by atoms with E-state index in [0.29, 0.717) is 35.9 Å². The Balaban J connectivity index is 1.51. The van der Waals surface area contributed by atoms with Gasteiger partial charge in [0.05, 0.1) is 31.8 Å². The van der Waals surface area contributed by atoms with Gasteiger partial charge in [-0.05, 0) is 34.4 Å². The topological polar surface area (TPSA) is 82.1 Å². The predicted molar refractivity (Wildman–Crippen MR) is 146 cm³/mol. The molecule has 0 aliphatic carbocycles. The van der Waals surface area contributed by atoms with Crippen LogP contribution < -0.4 is 5.32 Å². The Labute approximate surface area is 228 Å². The van der Waals surface area contributed by atoms with Crippen molar-refractivity contribution in [2.45, 2.75) is 25.1 Å². The normalized spacial score (nSPS) is 19.7. The van der Waals surface area contributed by atoms with Crippen LogP contribution in [0.4, 0.5) is 0 Å². The molecule has 0 saturated carbocycles. The lowest BCUT2D eigenvalue weighted by molar-refractivity contribution is -0.124. The lowest BCUT2D eigenvalue weighted by Gasteiger charge is -2.42. The summed E-state index contributed by atoms with van der Waals surface area (Å²) in [6.45, 7) is 4.53. The Morgan fingerprint density at radius 3 is 2.45 bits per heavy atom. The molecule has 0 radical (unpaired) electrons. The van der Waals surface area contributed by atoms with Crippen molar-refractivity contribution >= 4 is 23.4 Å². The van der Waals surface area contributed by atoms with Crippen LogP contribution >= 0.6 is 11.6 Å². The number of nitrogens with one attached hydrogen (secondary N) is 1. The van der Waals surface area contributed by atoms with Crippen molar-refractivity contribution in [1.29, 1.82) is 0 Å². The van der Waals surface area contributed by atoms with Gasteiger partial charge < -0.3 is 20.1 Å². The number of benzene rings is 3. The largest absolute Gasteiger partial charge is 0.392 e. The lowest BCUT2D eigenvalue weighted by atomic mass is 9.78. The lowest BCUT2D eigenvalue weighted by Crippen LogP contribution is -2.48. The number of aliphatic hydroxyl groups excluding tert-OH is 1. The highest BCUT2D eigenvalue weighted by Gasteiger charge is 2.44. The summed E-state index contributed by atoms with van der Waals surface area (Å²) in [7, 11) is 0. The molecule has 0 unspecified atom stereocenters. The third-order valence-electron chi connectivity index (χ3n) is 7.35. The number of carbonyl (C=O) groups is 2. The average Bonchev–Trinajstić information content (AvgIpc) is 2.96. The van der Waals surface area contributed by atoms with E-state index in [1.54, 1.807) is 17.0 Å². The molecule has 1 fully saturated rings. The van der Waals surface area contributed by atoms with Crippen molar-refractivity contribution in [3.63, 3.8) is 0 Å². The molecule has 198 valence electrons. The average molecular weight is 534 g/mol. The van der Waals surface area contributed by atoms with E-state index in [9.17, 15) is 14.7 Å². The maximum atomic E-state index is 13.9. The number of fused-ring (bicyclic) bond motifs is 1. The van der Waals surface area contributed by atoms with Crippen molar-refractivity contribution in [2.75, 3.05) is 39.4 Å². The standard InChI is InChI=1S/C30H32ClN3O4/c31-26-8-4-1-5-23(26)19-34-28(22-11-9-21(20-35)10-12-22)27(24-6-2-3-7-25(24)30(34)37)29(36)32-13-14-33-15-17-38-18-16-33/h1-12,27-28,35H,13-20H2,(H,32,36)/t27-,28+/m1/s1. The minimum atomic E-state index is -0.615. The Kier molecular flexibility index (Phi) is 8.39. The molecule has 2 aliphatic heterocycles. The number of nitrogens with zero attached hydrogens (tertiary/aromatic N) is 2. The van der Waals surface area contributed by atoms with Crippen LogP contribution in [0.5, 0.6) is 0 Å². The summed E-state index contributed by atoms with van der Waals surface area (Å²) in [4.78, 5) is 31.9. The SMILES string of the molecule is O=C(NCCN1CCOCC1)[C@@H]1c2ccccc2C(=O)N(Cc2ccccc2Cl)[C@H]1c1ccc(CO)cc1. The minimum Gasteiger partial charge on any atom is -0.392 e. The van der Waals surface area contributed by atoms with E-state index >= 15 is 0 Å². The van der Waals surface area contributed by atoms with Gasteiger partial charge >= 0.3 is 0 Å². The molecule has 0 aromatic heterocycles. The summed E-state index contributed by atoms with van der Waals surface area (Å²) < 4.78 is 5.43. The van der Waals surface area contributed by atoms with E-state index in [0.717, 1.165) is 36.3 Å². The van der Waals surface area contributed by atoms with E-state index in [4.69, 9.17) is 16.3 Å². The van der Waals surface area contributed by atoms with Gasteiger partial charge in [0.2, 0.25) is 5.91 Å². The first-order chi connectivity index (χ1) is 18.6. The molecule has 38 heavy (non-hydrogen) atoms. The van der Waals surface area contributed by atoms with Crippen molar-refractivity contribution in [3.8, 4) is 0 Å². The van der Waals surface area contributed by atoms with Gasteiger partial charge in [-0.1, -0.05) is 72.3 Å². The first kappa shape index (κ1) is 26.4. The monoisotopic (exact) mass is 533 g/mol. The zero-order chi connectivity index (χ0) is 26.5. The summed E-state index contributed by atoms with van der Waals surface area (Å²) in [6.07, 6.45) is 0. The highest BCUT2D eigenvalue weighted by atomic mass is 35.5. The minimum absolute atomic E-state index is 0.0818. The van der Waals surface area contributed by atoms with Crippen molar-refractivity contribution in [2.24, 2.45) is 0 Å². The second-order valence-corrected chi connectivity index (χ2v) is 10.1. The number of rotatable bonds is 8. The van der Waals surface area contributed by atoms with E-state index in [2.05, 4.69) is 10.2 Å². The molecule has 2 heterocycles. The number of hydrogen-bond donors (Lipinski definition) is 2. The van der Waals surface area contributed by atoms with Gasteiger partial charge in [0.25, 0.3) is 5.91 Å². The number of aliphatic hydroxyl groups is 1. The first-order valence-corrected chi connectivity index (χ1v) is 13.4. The molecule has 8 heteroatoms. The fourth-order valence-electron chi connectivity index (χ4n) is 5.32. The third kappa shape index (κ3) is 5.61. The summed E-state index contributed by atoms with van der Waals surface area (Å²) in [5.41, 5.74) is 3.64. The summed E-state index contributed by atoms with van der Waals surface area (Å²) in [6, 6.07) is 21.7. The molecular formula is C30H32ClN3O4. The van der Waals surface area contributed by atoms with Crippen molar-refractivity contribution in [1.82, 2.24) is 15.1 Å². The van der Waals surface area contributed by atoms with Crippen LogP contribution in [0.1, 0.15) is 44.6 Å². The fourth-order valence-corrected chi connectivity index (χ4v) is 5.52. The van der Waals surface area contributed by atoms with Gasteiger partial charge in [0.1, 0.15) is 0 Å². The van der Waals surface area contributed by atoms with E-state index in [-0.39, 0.29) is 25.0 Å².